The molecule has 0 unspecified atom stereocenters. The van der Waals surface area contributed by atoms with Gasteiger partial charge in [0, 0.05) is 26.6 Å². The second kappa shape index (κ2) is 5.18. The molecule has 2 rings (SSSR count). The van der Waals surface area contributed by atoms with Crippen molar-refractivity contribution >= 4 is 45.5 Å². The number of rotatable bonds is 2. The first-order valence-electron chi connectivity index (χ1n) is 4.95. The summed E-state index contributed by atoms with van der Waals surface area (Å²) in [5.74, 6) is -0.477. The molecule has 1 aromatic heterocycles. The molecule has 0 radical (unpaired) electrons. The zero-order valence-corrected chi connectivity index (χ0v) is 11.7. The van der Waals surface area contributed by atoms with Crippen molar-refractivity contribution in [2.24, 2.45) is 0 Å². The Labute approximate surface area is 118 Å². The average Bonchev–Trinajstić information content (AvgIpc) is 2.70. The average molecular weight is 302 g/mol. The zero-order valence-electron chi connectivity index (χ0n) is 9.37. The van der Waals surface area contributed by atoms with Crippen LogP contribution >= 0.6 is 34.5 Å². The van der Waals surface area contributed by atoms with E-state index in [2.05, 4.69) is 0 Å². The monoisotopic (exact) mass is 301 g/mol. The summed E-state index contributed by atoms with van der Waals surface area (Å²) in [5.41, 5.74) is 7.48. The molecular formula is C12H9Cl2NO2S. The summed E-state index contributed by atoms with van der Waals surface area (Å²) in [5, 5.41) is 3.18. The zero-order chi connectivity index (χ0) is 13.3. The van der Waals surface area contributed by atoms with E-state index >= 15 is 0 Å². The van der Waals surface area contributed by atoms with E-state index in [-0.39, 0.29) is 0 Å². The van der Waals surface area contributed by atoms with Crippen LogP contribution in [0.15, 0.2) is 23.6 Å². The lowest BCUT2D eigenvalue weighted by Gasteiger charge is -2.06. The molecule has 6 heteroatoms. The lowest BCUT2D eigenvalue weighted by atomic mass is 10.0. The number of anilines is 1. The summed E-state index contributed by atoms with van der Waals surface area (Å²) in [7, 11) is 1.31. The quantitative estimate of drug-likeness (QED) is 0.850. The molecule has 18 heavy (non-hydrogen) atoms. The van der Waals surface area contributed by atoms with Gasteiger partial charge in [-0.2, -0.15) is 0 Å². The Hall–Kier alpha value is -1.23. The lowest BCUT2D eigenvalue weighted by Crippen LogP contribution is -2.04. The number of thiophene rings is 1. The van der Waals surface area contributed by atoms with Crippen LogP contribution in [-0.2, 0) is 4.74 Å². The molecule has 0 atom stereocenters. The van der Waals surface area contributed by atoms with Gasteiger partial charge in [0.15, 0.2) is 0 Å². The van der Waals surface area contributed by atoms with Crippen molar-refractivity contribution in [3.8, 4) is 11.1 Å². The highest BCUT2D eigenvalue weighted by atomic mass is 35.5. The van der Waals surface area contributed by atoms with E-state index in [0.29, 0.717) is 31.7 Å². The molecule has 2 aromatic rings. The summed E-state index contributed by atoms with van der Waals surface area (Å²) in [6, 6.07) is 5.07. The van der Waals surface area contributed by atoms with Gasteiger partial charge < -0.3 is 10.5 Å². The molecule has 94 valence electrons. The molecule has 1 aromatic carbocycles. The maximum atomic E-state index is 11.7. The minimum absolute atomic E-state index is 0.340. The summed E-state index contributed by atoms with van der Waals surface area (Å²) in [6.07, 6.45) is 0. The Morgan fingerprint density at radius 2 is 2.06 bits per heavy atom. The van der Waals surface area contributed by atoms with E-state index in [1.165, 1.54) is 18.4 Å². The van der Waals surface area contributed by atoms with Crippen molar-refractivity contribution in [3.05, 3.63) is 39.2 Å². The highest BCUT2D eigenvalue weighted by molar-refractivity contribution is 7.15. The molecule has 0 fully saturated rings. The van der Waals surface area contributed by atoms with Crippen LogP contribution in [0.4, 0.5) is 5.00 Å². The van der Waals surface area contributed by atoms with E-state index in [9.17, 15) is 4.79 Å². The van der Waals surface area contributed by atoms with Gasteiger partial charge in [-0.3, -0.25) is 0 Å². The normalized spacial score (nSPS) is 10.4. The Morgan fingerprint density at radius 1 is 1.33 bits per heavy atom. The molecule has 0 spiro atoms. The van der Waals surface area contributed by atoms with E-state index < -0.39 is 5.97 Å². The van der Waals surface area contributed by atoms with Gasteiger partial charge in [-0.15, -0.1) is 11.3 Å². The Kier molecular flexibility index (Phi) is 3.80. The molecule has 3 nitrogen and oxygen atoms in total. The number of halogens is 2. The van der Waals surface area contributed by atoms with Crippen molar-refractivity contribution in [1.82, 2.24) is 0 Å². The number of ether oxygens (including phenoxy) is 1. The first-order chi connectivity index (χ1) is 8.54. The van der Waals surface area contributed by atoms with Gasteiger partial charge in [0.2, 0.25) is 0 Å². The van der Waals surface area contributed by atoms with Gasteiger partial charge >= 0.3 is 5.97 Å². The van der Waals surface area contributed by atoms with Crippen molar-refractivity contribution in [2.75, 3.05) is 12.8 Å². The number of carbonyl (C=O) groups is 1. The highest BCUT2D eigenvalue weighted by Gasteiger charge is 2.20. The Balaban J connectivity index is 2.61. The van der Waals surface area contributed by atoms with Crippen molar-refractivity contribution in [3.63, 3.8) is 0 Å². The number of methoxy groups -OCH3 is 1. The predicted molar refractivity (Wildman–Crippen MR) is 75.5 cm³/mol. The molecule has 0 saturated carbocycles. The highest BCUT2D eigenvalue weighted by Crippen LogP contribution is 2.38. The smallest absolute Gasteiger partial charge is 0.341 e. The molecule has 1 heterocycles. The van der Waals surface area contributed by atoms with Gasteiger partial charge in [0.25, 0.3) is 0 Å². The third-order valence-corrected chi connectivity index (χ3v) is 3.79. The number of benzene rings is 1. The van der Waals surface area contributed by atoms with Crippen molar-refractivity contribution in [1.29, 1.82) is 0 Å². The topological polar surface area (TPSA) is 52.3 Å². The molecule has 0 aliphatic heterocycles. The number of nitrogen functional groups attached to an aromatic ring is 1. The van der Waals surface area contributed by atoms with Gasteiger partial charge in [-0.25, -0.2) is 4.79 Å². The molecule has 0 aliphatic carbocycles. The van der Waals surface area contributed by atoms with Crippen LogP contribution < -0.4 is 5.73 Å². The van der Waals surface area contributed by atoms with Gasteiger partial charge in [0.1, 0.15) is 10.6 Å². The van der Waals surface area contributed by atoms with E-state index in [1.54, 1.807) is 23.6 Å². The van der Waals surface area contributed by atoms with Crippen molar-refractivity contribution < 1.29 is 9.53 Å². The summed E-state index contributed by atoms with van der Waals surface area (Å²) < 4.78 is 4.72. The van der Waals surface area contributed by atoms with E-state index in [4.69, 9.17) is 33.7 Å². The number of hydrogen-bond acceptors (Lipinski definition) is 4. The fraction of sp³-hybridized carbons (Fsp3) is 0.0833. The summed E-state index contributed by atoms with van der Waals surface area (Å²) in [4.78, 5) is 11.7. The maximum Gasteiger partial charge on any atom is 0.341 e. The van der Waals surface area contributed by atoms with Crippen LogP contribution in [-0.4, -0.2) is 13.1 Å². The van der Waals surface area contributed by atoms with Crippen LogP contribution in [0.3, 0.4) is 0 Å². The first kappa shape index (κ1) is 13.2. The first-order valence-corrected chi connectivity index (χ1v) is 6.59. The third-order valence-electron chi connectivity index (χ3n) is 2.43. The third kappa shape index (κ3) is 2.32. The summed E-state index contributed by atoms with van der Waals surface area (Å²) >= 11 is 13.2. The molecular weight excluding hydrogens is 293 g/mol. The molecule has 0 saturated heterocycles. The summed E-state index contributed by atoms with van der Waals surface area (Å²) in [6.45, 7) is 0. The Bertz CT molecular complexity index is 610. The lowest BCUT2D eigenvalue weighted by molar-refractivity contribution is 0.0603. The fourth-order valence-electron chi connectivity index (χ4n) is 1.59. The van der Waals surface area contributed by atoms with Gasteiger partial charge in [-0.1, -0.05) is 29.3 Å². The largest absolute Gasteiger partial charge is 0.465 e. The van der Waals surface area contributed by atoms with Crippen LogP contribution in [0.1, 0.15) is 10.4 Å². The van der Waals surface area contributed by atoms with E-state index in [0.717, 1.165) is 0 Å². The number of nitrogens with two attached hydrogens (primary N) is 1. The molecule has 0 bridgehead atoms. The van der Waals surface area contributed by atoms with Crippen molar-refractivity contribution in [2.45, 2.75) is 0 Å². The number of hydrogen-bond donors (Lipinski definition) is 1. The second-order valence-electron chi connectivity index (χ2n) is 3.50. The number of esters is 1. The second-order valence-corrected chi connectivity index (χ2v) is 5.26. The molecule has 0 amide bonds. The van der Waals surface area contributed by atoms with E-state index in [1.807, 2.05) is 0 Å². The maximum absolute atomic E-state index is 11.7. The predicted octanol–water partition coefficient (Wildman–Crippen LogP) is 4.09. The van der Waals surface area contributed by atoms with Crippen LogP contribution in [0.25, 0.3) is 11.1 Å². The molecule has 0 aliphatic rings. The van der Waals surface area contributed by atoms with Gasteiger partial charge in [0.05, 0.1) is 7.11 Å². The number of carbonyl (C=O) groups excluding carboxylic acids is 1. The Morgan fingerprint density at radius 3 is 2.67 bits per heavy atom. The molecule has 2 N–H and O–H groups in total. The minimum atomic E-state index is -0.477. The van der Waals surface area contributed by atoms with Crippen LogP contribution in [0, 0.1) is 0 Å². The standard InChI is InChI=1S/C12H9Cl2NO2S/c1-17-12(16)10-8(5-18-11(10)15)7-3-2-6(13)4-9(7)14/h2-5H,15H2,1H3. The SMILES string of the molecule is COC(=O)c1c(-c2ccc(Cl)cc2Cl)csc1N. The van der Waals surface area contributed by atoms with Crippen LogP contribution in [0.2, 0.25) is 10.0 Å². The minimum Gasteiger partial charge on any atom is -0.465 e. The van der Waals surface area contributed by atoms with Crippen LogP contribution in [0.5, 0.6) is 0 Å². The fourth-order valence-corrected chi connectivity index (χ4v) is 2.90. The van der Waals surface area contributed by atoms with Gasteiger partial charge in [-0.05, 0) is 12.1 Å².